The summed E-state index contributed by atoms with van der Waals surface area (Å²) in [6.07, 6.45) is 0.747. The minimum atomic E-state index is -0.543. The van der Waals surface area contributed by atoms with E-state index in [1.54, 1.807) is 29.2 Å². The topological polar surface area (TPSA) is 63.7 Å². The second-order valence-corrected chi connectivity index (χ2v) is 5.82. The van der Waals surface area contributed by atoms with Gasteiger partial charge >= 0.3 is 5.97 Å². The first-order valence-corrected chi connectivity index (χ1v) is 7.71. The molecule has 1 heterocycles. The highest BCUT2D eigenvalue weighted by Gasteiger charge is 2.36. The predicted molar refractivity (Wildman–Crippen MR) is 89.1 cm³/mol. The van der Waals surface area contributed by atoms with Crippen LogP contribution in [0.5, 0.6) is 5.75 Å². The summed E-state index contributed by atoms with van der Waals surface area (Å²) in [7, 11) is 0. The maximum atomic E-state index is 12.3. The van der Waals surface area contributed by atoms with Crippen molar-refractivity contribution >= 4 is 23.9 Å². The first-order chi connectivity index (χ1) is 11.6. The molecule has 0 N–H and O–H groups in total. The van der Waals surface area contributed by atoms with E-state index in [0.29, 0.717) is 11.8 Å². The van der Waals surface area contributed by atoms with Crippen molar-refractivity contribution in [3.8, 4) is 5.75 Å². The Morgan fingerprint density at radius 1 is 1.17 bits per heavy atom. The van der Waals surface area contributed by atoms with Gasteiger partial charge in [-0.2, -0.15) is 0 Å². The van der Waals surface area contributed by atoms with E-state index in [0.717, 1.165) is 11.3 Å². The molecule has 1 saturated heterocycles. The molecule has 1 atom stereocenters. The smallest absolute Gasteiger partial charge is 0.316 e. The number of aryl methyl sites for hydroxylation is 1. The molecule has 1 amide bonds. The monoisotopic (exact) mass is 323 g/mol. The van der Waals surface area contributed by atoms with E-state index >= 15 is 0 Å². The van der Waals surface area contributed by atoms with E-state index in [1.807, 2.05) is 31.2 Å². The Kier molecular flexibility index (Phi) is 4.42. The highest BCUT2D eigenvalue weighted by molar-refractivity contribution is 5.99. The van der Waals surface area contributed by atoms with E-state index in [2.05, 4.69) is 0 Å². The highest BCUT2D eigenvalue weighted by Crippen LogP contribution is 2.27. The number of amides is 1. The quantitative estimate of drug-likeness (QED) is 0.493. The number of rotatable bonds is 4. The second kappa shape index (κ2) is 6.66. The Balaban J connectivity index is 1.72. The largest absolute Gasteiger partial charge is 0.425 e. The molecule has 0 aromatic heterocycles. The maximum Gasteiger partial charge on any atom is 0.316 e. The summed E-state index contributed by atoms with van der Waals surface area (Å²) in [6.45, 7) is 2.25. The molecule has 3 rings (SSSR count). The van der Waals surface area contributed by atoms with E-state index in [9.17, 15) is 14.4 Å². The summed E-state index contributed by atoms with van der Waals surface area (Å²) in [6, 6.07) is 14.1. The van der Waals surface area contributed by atoms with Gasteiger partial charge in [-0.3, -0.25) is 14.4 Å². The Labute approximate surface area is 139 Å². The Bertz CT molecular complexity index is 782. The van der Waals surface area contributed by atoms with Gasteiger partial charge in [-0.25, -0.2) is 0 Å². The summed E-state index contributed by atoms with van der Waals surface area (Å²) in [4.78, 5) is 37.1. The van der Waals surface area contributed by atoms with Gasteiger partial charge < -0.3 is 9.64 Å². The Morgan fingerprint density at radius 2 is 1.88 bits per heavy atom. The number of esters is 1. The van der Waals surface area contributed by atoms with Gasteiger partial charge in [0.05, 0.1) is 11.5 Å². The number of hydrogen-bond donors (Lipinski definition) is 0. The lowest BCUT2D eigenvalue weighted by molar-refractivity contribution is -0.139. The summed E-state index contributed by atoms with van der Waals surface area (Å²) >= 11 is 0. The third-order valence-corrected chi connectivity index (χ3v) is 4.06. The molecule has 24 heavy (non-hydrogen) atoms. The third kappa shape index (κ3) is 3.20. The lowest BCUT2D eigenvalue weighted by Gasteiger charge is -2.16. The fraction of sp³-hybridized carbons (Fsp3) is 0.211. The van der Waals surface area contributed by atoms with Crippen LogP contribution in [0.3, 0.4) is 0 Å². The highest BCUT2D eigenvalue weighted by atomic mass is 16.5. The van der Waals surface area contributed by atoms with Crippen molar-refractivity contribution in [2.45, 2.75) is 13.3 Å². The average Bonchev–Trinajstić information content (AvgIpc) is 2.98. The van der Waals surface area contributed by atoms with Gasteiger partial charge in [0.25, 0.3) is 0 Å². The summed E-state index contributed by atoms with van der Waals surface area (Å²) in [5.74, 6) is -0.922. The van der Waals surface area contributed by atoms with Gasteiger partial charge in [0, 0.05) is 18.7 Å². The minimum absolute atomic E-state index is 0.107. The zero-order valence-electron chi connectivity index (χ0n) is 13.3. The van der Waals surface area contributed by atoms with Gasteiger partial charge in [-0.1, -0.05) is 29.8 Å². The fourth-order valence-electron chi connectivity index (χ4n) is 2.70. The second-order valence-electron chi connectivity index (χ2n) is 5.82. The normalized spacial score (nSPS) is 17.0. The molecular weight excluding hydrogens is 306 g/mol. The third-order valence-electron chi connectivity index (χ3n) is 4.06. The number of para-hydroxylation sites is 1. The molecule has 0 spiro atoms. The summed E-state index contributed by atoms with van der Waals surface area (Å²) in [5, 5.41) is 0. The Hall–Kier alpha value is -2.95. The number of aldehydes is 1. The fourth-order valence-corrected chi connectivity index (χ4v) is 2.70. The van der Waals surface area contributed by atoms with Crippen LogP contribution in [-0.2, 0) is 9.59 Å². The molecule has 2 aromatic rings. The molecule has 122 valence electrons. The van der Waals surface area contributed by atoms with Crippen molar-refractivity contribution in [3.05, 3.63) is 59.7 Å². The molecule has 1 aliphatic heterocycles. The SMILES string of the molecule is Cc1ccc(N2C[C@@H](C(=O)Oc3ccccc3C=O)CC2=O)cc1. The molecule has 5 heteroatoms. The van der Waals surface area contributed by atoms with Gasteiger partial charge in [0.1, 0.15) is 5.75 Å². The zero-order valence-corrected chi connectivity index (χ0v) is 13.3. The molecule has 5 nitrogen and oxygen atoms in total. The van der Waals surface area contributed by atoms with Crippen molar-refractivity contribution in [3.63, 3.8) is 0 Å². The number of nitrogens with zero attached hydrogens (tertiary/aromatic N) is 1. The van der Waals surface area contributed by atoms with Crippen LogP contribution in [0.25, 0.3) is 0 Å². The molecule has 0 radical (unpaired) electrons. The lowest BCUT2D eigenvalue weighted by Crippen LogP contribution is -2.27. The predicted octanol–water partition coefficient (Wildman–Crippen LogP) is 2.77. The van der Waals surface area contributed by atoms with Gasteiger partial charge in [-0.05, 0) is 31.2 Å². The van der Waals surface area contributed by atoms with Crippen LogP contribution in [0, 0.1) is 12.8 Å². The molecule has 1 aliphatic rings. The van der Waals surface area contributed by atoms with Gasteiger partial charge in [0.2, 0.25) is 5.91 Å². The van der Waals surface area contributed by atoms with Crippen LogP contribution < -0.4 is 9.64 Å². The molecule has 0 unspecified atom stereocenters. The molecule has 0 bridgehead atoms. The van der Waals surface area contributed by atoms with Crippen LogP contribution in [0.2, 0.25) is 0 Å². The standard InChI is InChI=1S/C19H17NO4/c1-13-6-8-16(9-7-13)20-11-15(10-18(20)22)19(23)24-17-5-3-2-4-14(17)12-21/h2-9,12,15H,10-11H2,1H3/t15-/m0/s1. The lowest BCUT2D eigenvalue weighted by atomic mass is 10.1. The van der Waals surface area contributed by atoms with E-state index in [4.69, 9.17) is 4.74 Å². The molecule has 2 aromatic carbocycles. The number of anilines is 1. The number of hydrogen-bond acceptors (Lipinski definition) is 4. The first-order valence-electron chi connectivity index (χ1n) is 7.71. The van der Waals surface area contributed by atoms with Gasteiger partial charge in [-0.15, -0.1) is 0 Å². The summed E-state index contributed by atoms with van der Waals surface area (Å²) in [5.41, 5.74) is 2.19. The van der Waals surface area contributed by atoms with Crippen molar-refractivity contribution < 1.29 is 19.1 Å². The van der Waals surface area contributed by atoms with E-state index in [-0.39, 0.29) is 24.6 Å². The molecule has 0 saturated carbocycles. The van der Waals surface area contributed by atoms with Crippen molar-refractivity contribution in [1.82, 2.24) is 0 Å². The first kappa shape index (κ1) is 15.9. The van der Waals surface area contributed by atoms with Crippen LogP contribution in [-0.4, -0.2) is 24.7 Å². The van der Waals surface area contributed by atoms with Crippen LogP contribution in [0.15, 0.2) is 48.5 Å². The van der Waals surface area contributed by atoms with Crippen LogP contribution >= 0.6 is 0 Å². The minimum Gasteiger partial charge on any atom is -0.425 e. The average molecular weight is 323 g/mol. The summed E-state index contributed by atoms with van der Waals surface area (Å²) < 4.78 is 5.32. The number of carbonyl (C=O) groups is 3. The van der Waals surface area contributed by atoms with Crippen LogP contribution in [0.1, 0.15) is 22.3 Å². The van der Waals surface area contributed by atoms with Crippen LogP contribution in [0.4, 0.5) is 5.69 Å². The van der Waals surface area contributed by atoms with E-state index < -0.39 is 11.9 Å². The number of ether oxygens (including phenoxy) is 1. The van der Waals surface area contributed by atoms with Crippen molar-refractivity contribution in [2.24, 2.45) is 5.92 Å². The Morgan fingerprint density at radius 3 is 2.58 bits per heavy atom. The van der Waals surface area contributed by atoms with Crippen molar-refractivity contribution in [2.75, 3.05) is 11.4 Å². The molecular formula is C19H17NO4. The molecule has 1 fully saturated rings. The maximum absolute atomic E-state index is 12.3. The van der Waals surface area contributed by atoms with Crippen molar-refractivity contribution in [1.29, 1.82) is 0 Å². The zero-order chi connectivity index (χ0) is 17.1. The van der Waals surface area contributed by atoms with Gasteiger partial charge in [0.15, 0.2) is 6.29 Å². The van der Waals surface area contributed by atoms with E-state index in [1.165, 1.54) is 0 Å². The number of benzene rings is 2. The number of carbonyl (C=O) groups excluding carboxylic acids is 3. The molecule has 0 aliphatic carbocycles.